The molecule has 0 fully saturated rings. The van der Waals surface area contributed by atoms with Crippen LogP contribution >= 0.6 is 27.3 Å². The van der Waals surface area contributed by atoms with Crippen molar-refractivity contribution in [2.24, 2.45) is 10.9 Å². The van der Waals surface area contributed by atoms with Crippen LogP contribution in [-0.4, -0.2) is 34.5 Å². The first-order valence-corrected chi connectivity index (χ1v) is 9.26. The van der Waals surface area contributed by atoms with Gasteiger partial charge in [-0.3, -0.25) is 4.99 Å². The summed E-state index contributed by atoms with van der Waals surface area (Å²) >= 11 is 5.25. The highest BCUT2D eigenvalue weighted by atomic mass is 79.9. The summed E-state index contributed by atoms with van der Waals surface area (Å²) in [6.45, 7) is 6.90. The number of guanidine groups is 1. The summed E-state index contributed by atoms with van der Waals surface area (Å²) in [7, 11) is 3.85. The Bertz CT molecular complexity index is 646. The summed E-state index contributed by atoms with van der Waals surface area (Å²) in [5, 5.41) is 3.40. The van der Waals surface area contributed by atoms with Crippen molar-refractivity contribution in [2.45, 2.75) is 33.5 Å². The fourth-order valence-corrected chi connectivity index (χ4v) is 3.89. The van der Waals surface area contributed by atoms with Crippen molar-refractivity contribution in [1.82, 2.24) is 19.8 Å². The molecule has 5 nitrogen and oxygen atoms in total. The van der Waals surface area contributed by atoms with Crippen LogP contribution in [0.3, 0.4) is 0 Å². The largest absolute Gasteiger partial charge is 0.349 e. The predicted molar refractivity (Wildman–Crippen MR) is 101 cm³/mol. The number of halogens is 1. The lowest BCUT2D eigenvalue weighted by Crippen LogP contribution is -2.38. The van der Waals surface area contributed by atoms with Gasteiger partial charge in [-0.05, 0) is 34.0 Å². The van der Waals surface area contributed by atoms with Crippen LogP contribution in [0.4, 0.5) is 0 Å². The van der Waals surface area contributed by atoms with Gasteiger partial charge in [-0.2, -0.15) is 0 Å². The number of aromatic nitrogens is 2. The second kappa shape index (κ2) is 8.49. The fraction of sp³-hybridized carbons (Fsp3) is 0.500. The summed E-state index contributed by atoms with van der Waals surface area (Å²) in [6, 6.07) is 4.21. The molecule has 2 heterocycles. The number of hydrogen-bond acceptors (Lipinski definition) is 3. The molecule has 2 rings (SSSR count). The second-order valence-electron chi connectivity index (χ2n) is 5.85. The predicted octanol–water partition coefficient (Wildman–Crippen LogP) is 3.57. The lowest BCUT2D eigenvalue weighted by Gasteiger charge is -2.21. The minimum absolute atomic E-state index is 0.599. The Labute approximate surface area is 150 Å². The summed E-state index contributed by atoms with van der Waals surface area (Å²) in [5.41, 5.74) is 0. The number of thiophene rings is 1. The van der Waals surface area contributed by atoms with E-state index < -0.39 is 0 Å². The van der Waals surface area contributed by atoms with Gasteiger partial charge >= 0.3 is 0 Å². The highest BCUT2D eigenvalue weighted by molar-refractivity contribution is 9.11. The average molecular weight is 398 g/mol. The van der Waals surface area contributed by atoms with Crippen molar-refractivity contribution in [3.8, 4) is 0 Å². The molecule has 0 unspecified atom stereocenters. The summed E-state index contributed by atoms with van der Waals surface area (Å²) in [4.78, 5) is 12.2. The third-order valence-electron chi connectivity index (χ3n) is 3.36. The number of nitrogens with zero attached hydrogens (tertiary/aromatic N) is 4. The van der Waals surface area contributed by atoms with Gasteiger partial charge in [0.2, 0.25) is 0 Å². The van der Waals surface area contributed by atoms with E-state index in [0.29, 0.717) is 12.5 Å². The molecule has 23 heavy (non-hydrogen) atoms. The fourth-order valence-electron chi connectivity index (χ4n) is 2.36. The molecule has 0 aliphatic heterocycles. The molecule has 0 aliphatic rings. The summed E-state index contributed by atoms with van der Waals surface area (Å²) in [5.74, 6) is 2.50. The van der Waals surface area contributed by atoms with E-state index in [1.807, 2.05) is 26.5 Å². The molecule has 7 heteroatoms. The molecule has 0 amide bonds. The smallest absolute Gasteiger partial charge is 0.194 e. The third-order valence-corrected chi connectivity index (χ3v) is 4.97. The molecule has 0 saturated carbocycles. The van der Waals surface area contributed by atoms with Crippen LogP contribution in [0.25, 0.3) is 0 Å². The molecule has 0 radical (unpaired) electrons. The first-order valence-electron chi connectivity index (χ1n) is 7.65. The van der Waals surface area contributed by atoms with Crippen molar-refractivity contribution < 1.29 is 0 Å². The Kier molecular flexibility index (Phi) is 6.65. The van der Waals surface area contributed by atoms with Gasteiger partial charge in [0.25, 0.3) is 0 Å². The van der Waals surface area contributed by atoms with Crippen LogP contribution in [0.2, 0.25) is 0 Å². The third kappa shape index (κ3) is 5.35. The molecule has 0 bridgehead atoms. The summed E-state index contributed by atoms with van der Waals surface area (Å²) in [6.07, 6.45) is 3.89. The first-order chi connectivity index (χ1) is 11.0. The van der Waals surface area contributed by atoms with Gasteiger partial charge in [-0.25, -0.2) is 4.98 Å². The standard InChI is InChI=1S/C16H24BrN5S/c1-12(2)10-22-8-7-19-15(22)9-20-16(18-3)21(4)11-13-5-6-14(17)23-13/h5-8,12H,9-11H2,1-4H3,(H,18,20). The topological polar surface area (TPSA) is 45.5 Å². The maximum atomic E-state index is 4.44. The maximum absolute atomic E-state index is 4.44. The van der Waals surface area contributed by atoms with Crippen LogP contribution in [0.5, 0.6) is 0 Å². The zero-order valence-electron chi connectivity index (χ0n) is 14.1. The number of nitrogens with one attached hydrogen (secondary N) is 1. The average Bonchev–Trinajstić information content (AvgIpc) is 3.08. The Balaban J connectivity index is 1.93. The number of hydrogen-bond donors (Lipinski definition) is 1. The molecule has 2 aromatic rings. The van der Waals surface area contributed by atoms with Gasteiger partial charge < -0.3 is 14.8 Å². The second-order valence-corrected chi connectivity index (χ2v) is 8.40. The van der Waals surface area contributed by atoms with E-state index in [-0.39, 0.29) is 0 Å². The van der Waals surface area contributed by atoms with E-state index >= 15 is 0 Å². The zero-order valence-corrected chi connectivity index (χ0v) is 16.5. The molecule has 0 spiro atoms. The molecular formula is C16H24BrN5S. The van der Waals surface area contributed by atoms with Gasteiger partial charge in [-0.15, -0.1) is 11.3 Å². The Morgan fingerprint density at radius 2 is 2.26 bits per heavy atom. The minimum atomic E-state index is 0.599. The summed E-state index contributed by atoms with van der Waals surface area (Å²) < 4.78 is 3.35. The van der Waals surface area contributed by atoms with Crippen molar-refractivity contribution in [1.29, 1.82) is 0 Å². The van der Waals surface area contributed by atoms with Gasteiger partial charge in [-0.1, -0.05) is 13.8 Å². The molecule has 2 aromatic heterocycles. The van der Waals surface area contributed by atoms with Crippen molar-refractivity contribution in [2.75, 3.05) is 14.1 Å². The van der Waals surface area contributed by atoms with Crippen LogP contribution in [-0.2, 0) is 19.6 Å². The van der Waals surface area contributed by atoms with E-state index in [1.54, 1.807) is 11.3 Å². The van der Waals surface area contributed by atoms with Gasteiger partial charge in [0.05, 0.1) is 16.9 Å². The molecule has 0 aromatic carbocycles. The van der Waals surface area contributed by atoms with Crippen molar-refractivity contribution in [3.05, 3.63) is 39.0 Å². The Morgan fingerprint density at radius 3 is 2.87 bits per heavy atom. The van der Waals surface area contributed by atoms with Crippen molar-refractivity contribution >= 4 is 33.2 Å². The number of aliphatic imine (C=N–C) groups is 1. The molecular weight excluding hydrogens is 374 g/mol. The molecule has 0 saturated heterocycles. The molecule has 0 atom stereocenters. The van der Waals surface area contributed by atoms with E-state index in [0.717, 1.165) is 28.7 Å². The molecule has 1 N–H and O–H groups in total. The normalized spacial score (nSPS) is 12.0. The zero-order chi connectivity index (χ0) is 16.8. The monoisotopic (exact) mass is 397 g/mol. The highest BCUT2D eigenvalue weighted by Gasteiger charge is 2.10. The lowest BCUT2D eigenvalue weighted by molar-refractivity contribution is 0.471. The van der Waals surface area contributed by atoms with E-state index in [4.69, 9.17) is 0 Å². The minimum Gasteiger partial charge on any atom is -0.349 e. The van der Waals surface area contributed by atoms with Crippen LogP contribution in [0.1, 0.15) is 24.5 Å². The quantitative estimate of drug-likeness (QED) is 0.598. The highest BCUT2D eigenvalue weighted by Crippen LogP contribution is 2.22. The van der Waals surface area contributed by atoms with Crippen LogP contribution < -0.4 is 5.32 Å². The maximum Gasteiger partial charge on any atom is 0.194 e. The molecule has 126 valence electrons. The number of rotatable bonds is 6. The van der Waals surface area contributed by atoms with Gasteiger partial charge in [0.1, 0.15) is 5.82 Å². The van der Waals surface area contributed by atoms with E-state index in [9.17, 15) is 0 Å². The SMILES string of the molecule is CN=C(NCc1nccn1CC(C)C)N(C)Cc1ccc(Br)s1. The molecule has 0 aliphatic carbocycles. The van der Waals surface area contributed by atoms with Gasteiger partial charge in [0.15, 0.2) is 5.96 Å². The van der Waals surface area contributed by atoms with Crippen LogP contribution in [0.15, 0.2) is 33.3 Å². The van der Waals surface area contributed by atoms with Crippen molar-refractivity contribution in [3.63, 3.8) is 0 Å². The Morgan fingerprint density at radius 1 is 1.48 bits per heavy atom. The number of imidazole rings is 1. The van der Waals surface area contributed by atoms with E-state index in [2.05, 4.69) is 66.7 Å². The van der Waals surface area contributed by atoms with Gasteiger partial charge in [0, 0.05) is 37.9 Å². The Hall–Kier alpha value is -1.34. The van der Waals surface area contributed by atoms with E-state index in [1.165, 1.54) is 4.88 Å². The lowest BCUT2D eigenvalue weighted by atomic mass is 10.2. The first kappa shape index (κ1) is 18.0. The van der Waals surface area contributed by atoms with Crippen LogP contribution in [0, 0.1) is 5.92 Å².